The summed E-state index contributed by atoms with van der Waals surface area (Å²) < 4.78 is 29.2. The molecule has 0 spiro atoms. The van der Waals surface area contributed by atoms with E-state index in [1.807, 2.05) is 19.1 Å². The van der Waals surface area contributed by atoms with Crippen molar-refractivity contribution in [2.24, 2.45) is 0 Å². The van der Waals surface area contributed by atoms with Gasteiger partial charge in [-0.2, -0.15) is 0 Å². The standard InChI is InChI=1S/C14H13NO5S/c1-10-5-3-4-6-12(10)20-13-8-7-11(15(16)17)9-14(13)21(2,18)19/h3-9H,1-2H3. The van der Waals surface area contributed by atoms with E-state index in [2.05, 4.69) is 0 Å². The lowest BCUT2D eigenvalue weighted by Gasteiger charge is -2.11. The summed E-state index contributed by atoms with van der Waals surface area (Å²) in [5.74, 6) is 0.564. The van der Waals surface area contributed by atoms with Crippen LogP contribution in [0.1, 0.15) is 5.56 Å². The van der Waals surface area contributed by atoms with Crippen molar-refractivity contribution in [3.05, 3.63) is 58.1 Å². The van der Waals surface area contributed by atoms with Crippen LogP contribution in [0.25, 0.3) is 0 Å². The minimum atomic E-state index is -3.65. The highest BCUT2D eigenvalue weighted by Gasteiger charge is 2.20. The van der Waals surface area contributed by atoms with Crippen LogP contribution in [0.3, 0.4) is 0 Å². The van der Waals surface area contributed by atoms with E-state index in [9.17, 15) is 18.5 Å². The van der Waals surface area contributed by atoms with Gasteiger partial charge in [0.15, 0.2) is 9.84 Å². The highest BCUT2D eigenvalue weighted by molar-refractivity contribution is 7.90. The van der Waals surface area contributed by atoms with E-state index in [0.29, 0.717) is 5.75 Å². The Morgan fingerprint density at radius 1 is 1.10 bits per heavy atom. The fourth-order valence-electron chi connectivity index (χ4n) is 1.77. The smallest absolute Gasteiger partial charge is 0.271 e. The first-order valence-electron chi connectivity index (χ1n) is 6.01. The second kappa shape index (κ2) is 5.53. The maximum absolute atomic E-state index is 11.8. The third kappa shape index (κ3) is 3.38. The second-order valence-corrected chi connectivity index (χ2v) is 6.51. The summed E-state index contributed by atoms with van der Waals surface area (Å²) in [7, 11) is -3.65. The number of para-hydroxylation sites is 1. The van der Waals surface area contributed by atoms with Gasteiger partial charge in [0.1, 0.15) is 16.4 Å². The molecule has 0 aliphatic carbocycles. The maximum Gasteiger partial charge on any atom is 0.271 e. The summed E-state index contributed by atoms with van der Waals surface area (Å²) in [6.07, 6.45) is 0.983. The molecule has 2 rings (SSSR count). The number of hydrogen-bond acceptors (Lipinski definition) is 5. The number of nitro benzene ring substituents is 1. The van der Waals surface area contributed by atoms with E-state index in [1.54, 1.807) is 12.1 Å². The van der Waals surface area contributed by atoms with Crippen molar-refractivity contribution in [1.29, 1.82) is 0 Å². The molecule has 0 saturated carbocycles. The van der Waals surface area contributed by atoms with Gasteiger partial charge in [0.05, 0.1) is 4.92 Å². The van der Waals surface area contributed by atoms with Gasteiger partial charge in [-0.05, 0) is 24.6 Å². The molecule has 110 valence electrons. The van der Waals surface area contributed by atoms with E-state index >= 15 is 0 Å². The summed E-state index contributed by atoms with van der Waals surface area (Å²) in [6, 6.07) is 10.6. The Labute approximate surface area is 122 Å². The zero-order chi connectivity index (χ0) is 15.6. The first-order chi connectivity index (χ1) is 9.79. The van der Waals surface area contributed by atoms with E-state index in [0.717, 1.165) is 17.9 Å². The van der Waals surface area contributed by atoms with E-state index in [4.69, 9.17) is 4.74 Å². The minimum Gasteiger partial charge on any atom is -0.456 e. The molecular weight excluding hydrogens is 294 g/mol. The SMILES string of the molecule is Cc1ccccc1Oc1ccc([N+](=O)[O-])cc1S(C)(=O)=O. The molecule has 0 N–H and O–H groups in total. The normalized spacial score (nSPS) is 11.1. The highest BCUT2D eigenvalue weighted by Crippen LogP contribution is 2.33. The van der Waals surface area contributed by atoms with Gasteiger partial charge in [-0.25, -0.2) is 8.42 Å². The van der Waals surface area contributed by atoms with Crippen LogP contribution in [0.4, 0.5) is 5.69 Å². The molecular formula is C14H13NO5S. The van der Waals surface area contributed by atoms with Gasteiger partial charge in [0.2, 0.25) is 0 Å². The molecule has 0 radical (unpaired) electrons. The molecule has 2 aromatic rings. The Hall–Kier alpha value is -2.41. The summed E-state index contributed by atoms with van der Waals surface area (Å²) in [6.45, 7) is 1.82. The molecule has 0 unspecified atom stereocenters. The van der Waals surface area contributed by atoms with Crippen molar-refractivity contribution >= 4 is 15.5 Å². The minimum absolute atomic E-state index is 0.0670. The van der Waals surface area contributed by atoms with Gasteiger partial charge in [0, 0.05) is 18.4 Å². The molecule has 6 nitrogen and oxygen atoms in total. The molecule has 0 fully saturated rings. The van der Waals surface area contributed by atoms with Gasteiger partial charge in [-0.3, -0.25) is 10.1 Å². The second-order valence-electron chi connectivity index (χ2n) is 4.53. The van der Waals surface area contributed by atoms with Gasteiger partial charge < -0.3 is 4.74 Å². The van der Waals surface area contributed by atoms with Crippen molar-refractivity contribution < 1.29 is 18.1 Å². The molecule has 7 heteroatoms. The average molecular weight is 307 g/mol. The van der Waals surface area contributed by atoms with Crippen LogP contribution < -0.4 is 4.74 Å². The predicted molar refractivity (Wildman–Crippen MR) is 77.5 cm³/mol. The Bertz CT molecular complexity index is 799. The lowest BCUT2D eigenvalue weighted by Crippen LogP contribution is -2.02. The summed E-state index contributed by atoms with van der Waals surface area (Å²) in [5, 5.41) is 10.8. The Kier molecular flexibility index (Phi) is 3.95. The van der Waals surface area contributed by atoms with Gasteiger partial charge >= 0.3 is 0 Å². The summed E-state index contributed by atoms with van der Waals surface area (Å²) in [5.41, 5.74) is 0.530. The van der Waals surface area contributed by atoms with Crippen LogP contribution in [0.2, 0.25) is 0 Å². The number of benzene rings is 2. The quantitative estimate of drug-likeness (QED) is 0.640. The van der Waals surface area contributed by atoms with Crippen molar-refractivity contribution in [1.82, 2.24) is 0 Å². The Morgan fingerprint density at radius 3 is 2.33 bits per heavy atom. The average Bonchev–Trinajstić information content (AvgIpc) is 2.40. The zero-order valence-corrected chi connectivity index (χ0v) is 12.3. The zero-order valence-electron chi connectivity index (χ0n) is 11.4. The van der Waals surface area contributed by atoms with Gasteiger partial charge in [-0.15, -0.1) is 0 Å². The van der Waals surface area contributed by atoms with E-state index < -0.39 is 14.8 Å². The maximum atomic E-state index is 11.8. The molecule has 0 saturated heterocycles. The molecule has 0 atom stereocenters. The Balaban J connectivity index is 2.54. The number of hydrogen-bond donors (Lipinski definition) is 0. The van der Waals surface area contributed by atoms with Crippen LogP contribution >= 0.6 is 0 Å². The summed E-state index contributed by atoms with van der Waals surface area (Å²) in [4.78, 5) is 9.92. The number of nitro groups is 1. The van der Waals surface area contributed by atoms with E-state index in [-0.39, 0.29) is 16.3 Å². The number of ether oxygens (including phenoxy) is 1. The monoisotopic (exact) mass is 307 g/mol. The van der Waals surface area contributed by atoms with Crippen LogP contribution in [-0.2, 0) is 9.84 Å². The topological polar surface area (TPSA) is 86.5 Å². The predicted octanol–water partition coefficient (Wildman–Crippen LogP) is 3.10. The summed E-state index contributed by atoms with van der Waals surface area (Å²) >= 11 is 0. The number of non-ortho nitro benzene ring substituents is 1. The largest absolute Gasteiger partial charge is 0.456 e. The highest BCUT2D eigenvalue weighted by atomic mass is 32.2. The van der Waals surface area contributed by atoms with Gasteiger partial charge in [0.25, 0.3) is 5.69 Å². The molecule has 0 aromatic heterocycles. The number of aryl methyl sites for hydroxylation is 1. The van der Waals surface area contributed by atoms with Crippen molar-refractivity contribution in [2.45, 2.75) is 11.8 Å². The first kappa shape index (κ1) is 15.0. The third-order valence-electron chi connectivity index (χ3n) is 2.85. The van der Waals surface area contributed by atoms with E-state index in [1.165, 1.54) is 12.1 Å². The molecule has 0 bridgehead atoms. The molecule has 2 aromatic carbocycles. The Morgan fingerprint density at radius 2 is 1.76 bits per heavy atom. The number of sulfone groups is 1. The number of rotatable bonds is 4. The lowest BCUT2D eigenvalue weighted by molar-refractivity contribution is -0.385. The van der Waals surface area contributed by atoms with Crippen molar-refractivity contribution in [3.63, 3.8) is 0 Å². The van der Waals surface area contributed by atoms with Crippen LogP contribution in [0, 0.1) is 17.0 Å². The fourth-order valence-corrected chi connectivity index (χ4v) is 2.58. The van der Waals surface area contributed by atoms with Crippen molar-refractivity contribution in [2.75, 3.05) is 6.26 Å². The molecule has 0 amide bonds. The molecule has 0 aliphatic heterocycles. The van der Waals surface area contributed by atoms with Crippen LogP contribution in [-0.4, -0.2) is 19.6 Å². The van der Waals surface area contributed by atoms with Crippen molar-refractivity contribution in [3.8, 4) is 11.5 Å². The molecule has 0 aliphatic rings. The molecule has 21 heavy (non-hydrogen) atoms. The number of nitrogens with zero attached hydrogens (tertiary/aromatic N) is 1. The van der Waals surface area contributed by atoms with Crippen LogP contribution in [0.15, 0.2) is 47.4 Å². The third-order valence-corrected chi connectivity index (χ3v) is 3.97. The molecule has 0 heterocycles. The van der Waals surface area contributed by atoms with Gasteiger partial charge in [-0.1, -0.05) is 18.2 Å². The fraction of sp³-hybridized carbons (Fsp3) is 0.143. The van der Waals surface area contributed by atoms with Crippen LogP contribution in [0.5, 0.6) is 11.5 Å². The first-order valence-corrected chi connectivity index (χ1v) is 7.90. The lowest BCUT2D eigenvalue weighted by atomic mass is 10.2.